The Kier molecular flexibility index (Phi) is 4.62. The maximum atomic E-state index is 12.1. The summed E-state index contributed by atoms with van der Waals surface area (Å²) in [5.74, 6) is 1.08. The summed E-state index contributed by atoms with van der Waals surface area (Å²) < 4.78 is 0. The van der Waals surface area contributed by atoms with Crippen molar-refractivity contribution < 1.29 is 4.79 Å². The van der Waals surface area contributed by atoms with E-state index in [9.17, 15) is 4.79 Å². The lowest BCUT2D eigenvalue weighted by atomic mass is 10.1. The maximum Gasteiger partial charge on any atom is 0.223 e. The van der Waals surface area contributed by atoms with Crippen LogP contribution in [0.3, 0.4) is 0 Å². The smallest absolute Gasteiger partial charge is 0.223 e. The van der Waals surface area contributed by atoms with E-state index >= 15 is 0 Å². The van der Waals surface area contributed by atoms with Crippen molar-refractivity contribution in [1.82, 2.24) is 4.90 Å². The Morgan fingerprint density at radius 1 is 1.20 bits per heavy atom. The van der Waals surface area contributed by atoms with Gasteiger partial charge in [0.1, 0.15) is 0 Å². The van der Waals surface area contributed by atoms with Crippen LogP contribution >= 0.6 is 0 Å². The molecule has 0 bridgehead atoms. The van der Waals surface area contributed by atoms with Crippen LogP contribution in [0.5, 0.6) is 0 Å². The van der Waals surface area contributed by atoms with Gasteiger partial charge in [-0.1, -0.05) is 13.8 Å². The van der Waals surface area contributed by atoms with E-state index in [2.05, 4.69) is 32.6 Å². The first-order valence-corrected chi connectivity index (χ1v) is 6.41. The fourth-order valence-electron chi connectivity index (χ4n) is 1.99. The van der Waals surface area contributed by atoms with Crippen LogP contribution in [0, 0.1) is 5.92 Å². The van der Waals surface area contributed by atoms with E-state index < -0.39 is 0 Å². The summed E-state index contributed by atoms with van der Waals surface area (Å²) in [6.07, 6.45) is 5.43. The molecule has 0 heterocycles. The number of nitrogens with zero attached hydrogens (tertiary/aromatic N) is 1. The molecule has 1 fully saturated rings. The first kappa shape index (κ1) is 12.5. The second-order valence-electron chi connectivity index (χ2n) is 4.96. The molecule has 1 amide bonds. The second-order valence-corrected chi connectivity index (χ2v) is 4.96. The predicted molar refractivity (Wildman–Crippen MR) is 63.7 cm³/mol. The van der Waals surface area contributed by atoms with Gasteiger partial charge in [0.05, 0.1) is 0 Å². The summed E-state index contributed by atoms with van der Waals surface area (Å²) in [5, 5.41) is 0. The summed E-state index contributed by atoms with van der Waals surface area (Å²) in [7, 11) is 0. The van der Waals surface area contributed by atoms with Gasteiger partial charge in [-0.3, -0.25) is 4.79 Å². The molecule has 1 aliphatic rings. The molecule has 15 heavy (non-hydrogen) atoms. The van der Waals surface area contributed by atoms with E-state index in [1.807, 2.05) is 0 Å². The van der Waals surface area contributed by atoms with Gasteiger partial charge >= 0.3 is 0 Å². The summed E-state index contributed by atoms with van der Waals surface area (Å²) in [4.78, 5) is 14.2. The Hall–Kier alpha value is -0.530. The van der Waals surface area contributed by atoms with Gasteiger partial charge in [-0.05, 0) is 45.4 Å². The molecular weight excluding hydrogens is 186 g/mol. The molecule has 88 valence electrons. The van der Waals surface area contributed by atoms with Crippen molar-refractivity contribution in [2.45, 2.75) is 71.9 Å². The molecule has 2 atom stereocenters. The molecule has 0 saturated heterocycles. The van der Waals surface area contributed by atoms with Gasteiger partial charge in [-0.2, -0.15) is 0 Å². The van der Waals surface area contributed by atoms with Crippen LogP contribution in [0.4, 0.5) is 0 Å². The zero-order valence-corrected chi connectivity index (χ0v) is 10.6. The first-order chi connectivity index (χ1) is 7.10. The average Bonchev–Trinajstić information content (AvgIpc) is 3.01. The van der Waals surface area contributed by atoms with E-state index in [1.54, 1.807) is 0 Å². The Bertz CT molecular complexity index is 201. The molecule has 0 spiro atoms. The van der Waals surface area contributed by atoms with Crippen LogP contribution in [-0.2, 0) is 4.79 Å². The molecule has 0 aromatic rings. The van der Waals surface area contributed by atoms with Crippen molar-refractivity contribution in [3.8, 4) is 0 Å². The molecule has 1 rings (SSSR count). The number of carbonyl (C=O) groups excluding carboxylic acids is 1. The van der Waals surface area contributed by atoms with Gasteiger partial charge in [-0.15, -0.1) is 0 Å². The average molecular weight is 211 g/mol. The van der Waals surface area contributed by atoms with E-state index in [0.29, 0.717) is 23.9 Å². The SMILES string of the molecule is CC[C@H](C)N(C(=O)CC1CC1)[C@@H](C)CC. The summed E-state index contributed by atoms with van der Waals surface area (Å²) in [6.45, 7) is 8.64. The van der Waals surface area contributed by atoms with Crippen LogP contribution < -0.4 is 0 Å². The lowest BCUT2D eigenvalue weighted by Gasteiger charge is -2.34. The highest BCUT2D eigenvalue weighted by molar-refractivity contribution is 5.77. The van der Waals surface area contributed by atoms with Gasteiger partial charge in [0.25, 0.3) is 0 Å². The molecule has 0 aliphatic heterocycles. The number of hydrogen-bond donors (Lipinski definition) is 0. The van der Waals surface area contributed by atoms with Crippen molar-refractivity contribution >= 4 is 5.91 Å². The Labute approximate surface area is 94.0 Å². The lowest BCUT2D eigenvalue weighted by molar-refractivity contribution is -0.136. The van der Waals surface area contributed by atoms with Crippen molar-refractivity contribution in [3.05, 3.63) is 0 Å². The second kappa shape index (κ2) is 5.53. The molecular formula is C13H25NO. The summed E-state index contributed by atoms with van der Waals surface area (Å²) in [6, 6.07) is 0.789. The van der Waals surface area contributed by atoms with Crippen LogP contribution in [0.1, 0.15) is 59.8 Å². The highest BCUT2D eigenvalue weighted by atomic mass is 16.2. The highest BCUT2D eigenvalue weighted by Gasteiger charge is 2.30. The molecule has 2 heteroatoms. The van der Waals surface area contributed by atoms with Gasteiger partial charge in [0.2, 0.25) is 5.91 Å². The number of amides is 1. The normalized spacial score (nSPS) is 19.7. The molecule has 1 aliphatic carbocycles. The molecule has 0 radical (unpaired) electrons. The monoisotopic (exact) mass is 211 g/mol. The largest absolute Gasteiger partial charge is 0.337 e. The molecule has 0 aromatic heterocycles. The van der Waals surface area contributed by atoms with E-state index in [1.165, 1.54) is 12.8 Å². The van der Waals surface area contributed by atoms with Crippen molar-refractivity contribution in [2.75, 3.05) is 0 Å². The minimum Gasteiger partial charge on any atom is -0.337 e. The zero-order chi connectivity index (χ0) is 11.4. The van der Waals surface area contributed by atoms with Crippen LogP contribution in [0.15, 0.2) is 0 Å². The minimum absolute atomic E-state index is 0.376. The molecule has 1 saturated carbocycles. The van der Waals surface area contributed by atoms with Crippen LogP contribution in [0.2, 0.25) is 0 Å². The standard InChI is InChI=1S/C13H25NO/c1-5-10(3)14(11(4)6-2)13(15)9-12-7-8-12/h10-12H,5-9H2,1-4H3/t10-,11-/m0/s1. The molecule has 0 N–H and O–H groups in total. The van der Waals surface area contributed by atoms with E-state index in [4.69, 9.17) is 0 Å². The summed E-state index contributed by atoms with van der Waals surface area (Å²) >= 11 is 0. The Morgan fingerprint density at radius 3 is 2.00 bits per heavy atom. The van der Waals surface area contributed by atoms with Gasteiger partial charge < -0.3 is 4.90 Å². The Balaban J connectivity index is 2.56. The van der Waals surface area contributed by atoms with Crippen molar-refractivity contribution in [1.29, 1.82) is 0 Å². The number of hydrogen-bond acceptors (Lipinski definition) is 1. The van der Waals surface area contributed by atoms with Crippen molar-refractivity contribution in [3.63, 3.8) is 0 Å². The fourth-order valence-corrected chi connectivity index (χ4v) is 1.99. The van der Waals surface area contributed by atoms with Crippen LogP contribution in [0.25, 0.3) is 0 Å². The van der Waals surface area contributed by atoms with Crippen molar-refractivity contribution in [2.24, 2.45) is 5.92 Å². The highest BCUT2D eigenvalue weighted by Crippen LogP contribution is 2.33. The first-order valence-electron chi connectivity index (χ1n) is 6.41. The maximum absolute atomic E-state index is 12.1. The van der Waals surface area contributed by atoms with Gasteiger partial charge in [0, 0.05) is 18.5 Å². The quantitative estimate of drug-likeness (QED) is 0.660. The molecule has 2 nitrogen and oxygen atoms in total. The Morgan fingerprint density at radius 2 is 1.67 bits per heavy atom. The third kappa shape index (κ3) is 3.51. The third-order valence-corrected chi connectivity index (χ3v) is 3.58. The third-order valence-electron chi connectivity index (χ3n) is 3.58. The van der Waals surface area contributed by atoms with E-state index in [-0.39, 0.29) is 0 Å². The van der Waals surface area contributed by atoms with Crippen LogP contribution in [-0.4, -0.2) is 22.9 Å². The summed E-state index contributed by atoms with van der Waals surface area (Å²) in [5.41, 5.74) is 0. The molecule has 0 aromatic carbocycles. The number of carbonyl (C=O) groups is 1. The van der Waals surface area contributed by atoms with Gasteiger partial charge in [0.15, 0.2) is 0 Å². The van der Waals surface area contributed by atoms with E-state index in [0.717, 1.165) is 19.3 Å². The predicted octanol–water partition coefficient (Wildman–Crippen LogP) is 3.21. The van der Waals surface area contributed by atoms with Gasteiger partial charge in [-0.25, -0.2) is 0 Å². The minimum atomic E-state index is 0.376. The zero-order valence-electron chi connectivity index (χ0n) is 10.6. The molecule has 0 unspecified atom stereocenters. The topological polar surface area (TPSA) is 20.3 Å². The lowest BCUT2D eigenvalue weighted by Crippen LogP contribution is -2.44. The number of rotatable bonds is 6. The fraction of sp³-hybridized carbons (Fsp3) is 0.923.